The Morgan fingerprint density at radius 1 is 0.844 bits per heavy atom. The van der Waals surface area contributed by atoms with Crippen molar-refractivity contribution in [3.8, 4) is 5.69 Å². The third-order valence-corrected chi connectivity index (χ3v) is 6.54. The summed E-state index contributed by atoms with van der Waals surface area (Å²) in [4.78, 5) is 6.90. The first-order valence-electron chi connectivity index (χ1n) is 10.8. The van der Waals surface area contributed by atoms with Crippen LogP contribution in [0.1, 0.15) is 40.2 Å². The van der Waals surface area contributed by atoms with Crippen LogP contribution in [0, 0.1) is 20.8 Å². The summed E-state index contributed by atoms with van der Waals surface area (Å²) >= 11 is 5.87. The van der Waals surface area contributed by atoms with Crippen molar-refractivity contribution in [2.75, 3.05) is 4.90 Å². The van der Waals surface area contributed by atoms with Gasteiger partial charge in [-0.15, -0.1) is 0 Å². The van der Waals surface area contributed by atoms with Gasteiger partial charge in [-0.3, -0.25) is 4.98 Å². The number of aromatic nitrogens is 2. The molecule has 160 valence electrons. The molecule has 0 saturated carbocycles. The second-order valence-electron chi connectivity index (χ2n) is 8.41. The highest BCUT2D eigenvalue weighted by atomic mass is 32.1. The van der Waals surface area contributed by atoms with Gasteiger partial charge in [0.05, 0.1) is 11.7 Å². The third-order valence-electron chi connectivity index (χ3n) is 6.23. The Morgan fingerprint density at radius 3 is 2.47 bits per heavy atom. The molecule has 0 spiro atoms. The van der Waals surface area contributed by atoms with E-state index < -0.39 is 0 Å². The molecule has 2 atom stereocenters. The number of nitrogens with one attached hydrogen (secondary N) is 1. The molecule has 5 heteroatoms. The van der Waals surface area contributed by atoms with Gasteiger partial charge >= 0.3 is 0 Å². The van der Waals surface area contributed by atoms with Crippen molar-refractivity contribution in [3.63, 3.8) is 0 Å². The molecular weight excluding hydrogens is 412 g/mol. The SMILES string of the molecule is Cc1cccc(N2C(=S)N[C@@H](c3ccccn3)[C@@H]2c2cccn2-c2ccc(C)c(C)c2)c1. The molecule has 0 unspecified atom stereocenters. The lowest BCUT2D eigenvalue weighted by atomic mass is 10.00. The second kappa shape index (κ2) is 8.24. The maximum Gasteiger partial charge on any atom is 0.174 e. The topological polar surface area (TPSA) is 33.1 Å². The van der Waals surface area contributed by atoms with Crippen molar-refractivity contribution < 1.29 is 0 Å². The maximum atomic E-state index is 5.87. The molecule has 2 aromatic carbocycles. The van der Waals surface area contributed by atoms with Crippen LogP contribution in [0.2, 0.25) is 0 Å². The first-order chi connectivity index (χ1) is 15.5. The number of anilines is 1. The van der Waals surface area contributed by atoms with Crippen LogP contribution in [0.25, 0.3) is 5.69 Å². The Hall–Kier alpha value is -3.44. The second-order valence-corrected chi connectivity index (χ2v) is 8.79. The largest absolute Gasteiger partial charge is 0.351 e. The number of thiocarbonyl (C=S) groups is 1. The molecule has 32 heavy (non-hydrogen) atoms. The molecule has 5 rings (SSSR count). The van der Waals surface area contributed by atoms with Gasteiger partial charge in [-0.1, -0.05) is 24.3 Å². The van der Waals surface area contributed by atoms with Crippen LogP contribution in [-0.2, 0) is 0 Å². The van der Waals surface area contributed by atoms with E-state index in [1.54, 1.807) is 0 Å². The molecule has 1 N–H and O–H groups in total. The van der Waals surface area contributed by atoms with E-state index >= 15 is 0 Å². The van der Waals surface area contributed by atoms with Crippen LogP contribution >= 0.6 is 12.2 Å². The summed E-state index contributed by atoms with van der Waals surface area (Å²) in [6.07, 6.45) is 3.97. The molecule has 0 bridgehead atoms. The van der Waals surface area contributed by atoms with E-state index in [0.717, 1.165) is 22.8 Å². The Morgan fingerprint density at radius 2 is 1.72 bits per heavy atom. The van der Waals surface area contributed by atoms with Crippen LogP contribution in [-0.4, -0.2) is 14.7 Å². The van der Waals surface area contributed by atoms with Gasteiger partial charge in [0, 0.05) is 29.5 Å². The van der Waals surface area contributed by atoms with E-state index in [1.807, 2.05) is 18.3 Å². The monoisotopic (exact) mass is 438 g/mol. The summed E-state index contributed by atoms with van der Waals surface area (Å²) in [5.74, 6) is 0. The zero-order valence-electron chi connectivity index (χ0n) is 18.5. The van der Waals surface area contributed by atoms with E-state index in [0.29, 0.717) is 5.11 Å². The summed E-state index contributed by atoms with van der Waals surface area (Å²) in [6, 6.07) is 25.3. The van der Waals surface area contributed by atoms with E-state index in [9.17, 15) is 0 Å². The van der Waals surface area contributed by atoms with Crippen LogP contribution in [0.3, 0.4) is 0 Å². The number of aryl methyl sites for hydroxylation is 3. The molecule has 1 aliphatic rings. The van der Waals surface area contributed by atoms with Crippen molar-refractivity contribution in [1.82, 2.24) is 14.9 Å². The van der Waals surface area contributed by atoms with Gasteiger partial charge in [-0.05, 0) is 98.2 Å². The Balaban J connectivity index is 1.68. The summed E-state index contributed by atoms with van der Waals surface area (Å²) in [5.41, 5.74) is 8.14. The lowest BCUT2D eigenvalue weighted by molar-refractivity contribution is 0.549. The number of hydrogen-bond acceptors (Lipinski definition) is 2. The third kappa shape index (κ3) is 3.59. The van der Waals surface area contributed by atoms with E-state index in [1.165, 1.54) is 16.7 Å². The number of hydrogen-bond donors (Lipinski definition) is 1. The molecule has 4 aromatic rings. The number of nitrogens with zero attached hydrogens (tertiary/aromatic N) is 3. The molecule has 3 heterocycles. The number of benzene rings is 2. The predicted octanol–water partition coefficient (Wildman–Crippen LogP) is 5.97. The van der Waals surface area contributed by atoms with Gasteiger partial charge in [0.2, 0.25) is 0 Å². The average molecular weight is 439 g/mol. The minimum absolute atomic E-state index is 0.0455. The maximum absolute atomic E-state index is 5.87. The van der Waals surface area contributed by atoms with Gasteiger partial charge in [-0.2, -0.15) is 0 Å². The van der Waals surface area contributed by atoms with Crippen LogP contribution in [0.4, 0.5) is 5.69 Å². The number of pyridine rings is 1. The minimum atomic E-state index is -0.0654. The molecule has 0 amide bonds. The van der Waals surface area contributed by atoms with Gasteiger partial charge in [-0.25, -0.2) is 0 Å². The van der Waals surface area contributed by atoms with Crippen molar-refractivity contribution >= 4 is 23.0 Å². The quantitative estimate of drug-likeness (QED) is 0.398. The van der Waals surface area contributed by atoms with Crippen molar-refractivity contribution in [2.24, 2.45) is 0 Å². The van der Waals surface area contributed by atoms with Gasteiger partial charge in [0.25, 0.3) is 0 Å². The fourth-order valence-corrected chi connectivity index (χ4v) is 4.80. The molecule has 0 radical (unpaired) electrons. The van der Waals surface area contributed by atoms with Gasteiger partial charge < -0.3 is 14.8 Å². The van der Waals surface area contributed by atoms with E-state index in [4.69, 9.17) is 12.2 Å². The summed E-state index contributed by atoms with van der Waals surface area (Å²) in [6.45, 7) is 6.41. The molecule has 4 nitrogen and oxygen atoms in total. The van der Waals surface area contributed by atoms with E-state index in [-0.39, 0.29) is 12.1 Å². The Kier molecular flexibility index (Phi) is 5.27. The standard InChI is InChI=1S/C27H26N4S/c1-18-8-6-9-22(16-18)31-26(25(29-27(31)32)23-10-4-5-14-28-23)24-11-7-15-30(24)21-13-12-19(2)20(3)17-21/h4-17,25-26H,1-3H3,(H,29,32)/t25-,26-/m0/s1. The molecule has 0 aliphatic carbocycles. The summed E-state index contributed by atoms with van der Waals surface area (Å²) < 4.78 is 2.27. The minimum Gasteiger partial charge on any atom is -0.351 e. The molecule has 1 saturated heterocycles. The average Bonchev–Trinajstić information content (AvgIpc) is 3.40. The zero-order chi connectivity index (χ0) is 22.2. The predicted molar refractivity (Wildman–Crippen MR) is 134 cm³/mol. The normalized spacial score (nSPS) is 18.1. The Bertz CT molecular complexity index is 1280. The first kappa shape index (κ1) is 20.5. The van der Waals surface area contributed by atoms with Gasteiger partial charge in [0.15, 0.2) is 5.11 Å². The summed E-state index contributed by atoms with van der Waals surface area (Å²) in [5, 5.41) is 4.27. The lowest BCUT2D eigenvalue weighted by Crippen LogP contribution is -2.30. The smallest absolute Gasteiger partial charge is 0.174 e. The van der Waals surface area contributed by atoms with E-state index in [2.05, 4.69) is 107 Å². The fraction of sp³-hybridized carbons (Fsp3) is 0.185. The lowest BCUT2D eigenvalue weighted by Gasteiger charge is -2.29. The highest BCUT2D eigenvalue weighted by molar-refractivity contribution is 7.80. The van der Waals surface area contributed by atoms with Crippen LogP contribution < -0.4 is 10.2 Å². The van der Waals surface area contributed by atoms with Crippen molar-refractivity contribution in [3.05, 3.63) is 113 Å². The molecule has 1 fully saturated rings. The van der Waals surface area contributed by atoms with Gasteiger partial charge in [0.1, 0.15) is 6.04 Å². The van der Waals surface area contributed by atoms with Crippen molar-refractivity contribution in [2.45, 2.75) is 32.9 Å². The fourth-order valence-electron chi connectivity index (χ4n) is 4.46. The Labute approximate surface area is 194 Å². The van der Waals surface area contributed by atoms with Crippen LogP contribution in [0.5, 0.6) is 0 Å². The number of rotatable bonds is 4. The molecule has 2 aromatic heterocycles. The molecule has 1 aliphatic heterocycles. The zero-order valence-corrected chi connectivity index (χ0v) is 19.3. The molecular formula is C27H26N4S. The highest BCUT2D eigenvalue weighted by Crippen LogP contribution is 2.42. The highest BCUT2D eigenvalue weighted by Gasteiger charge is 2.42. The first-order valence-corrected chi connectivity index (χ1v) is 11.3. The van der Waals surface area contributed by atoms with Crippen LogP contribution in [0.15, 0.2) is 85.2 Å². The van der Waals surface area contributed by atoms with Crippen molar-refractivity contribution in [1.29, 1.82) is 0 Å². The summed E-state index contributed by atoms with van der Waals surface area (Å²) in [7, 11) is 0.